The number of hydrogen-bond donors (Lipinski definition) is 0. The molecule has 0 radical (unpaired) electrons. The van der Waals surface area contributed by atoms with Crippen molar-refractivity contribution in [3.8, 4) is 11.2 Å². The van der Waals surface area contributed by atoms with Crippen molar-refractivity contribution in [1.29, 1.82) is 0 Å². The lowest BCUT2D eigenvalue weighted by Gasteiger charge is -1.95. The molecule has 0 heterocycles. The number of aryl methyl sites for hydroxylation is 1. The Hall–Kier alpha value is -1.91. The molecule has 0 spiro atoms. The van der Waals surface area contributed by atoms with Gasteiger partial charge in [-0.3, -0.25) is 0 Å². The Labute approximate surface area is 119 Å². The van der Waals surface area contributed by atoms with E-state index in [1.807, 2.05) is 30.3 Å². The van der Waals surface area contributed by atoms with Gasteiger partial charge in [0, 0.05) is 4.90 Å². The summed E-state index contributed by atoms with van der Waals surface area (Å²) in [7, 11) is 0. The summed E-state index contributed by atoms with van der Waals surface area (Å²) in [6.45, 7) is 0. The molecule has 0 aliphatic rings. The standard InChI is InChI=1S/C18H16S/c1(5-11-17-12-6-3-7-13-17)2-10-16-19-18-14-8-4-9-15-18/h1-4,6-9,12-15H,5,11H2/b2-1-. The molecule has 0 N–H and O–H groups in total. The van der Waals surface area contributed by atoms with Crippen molar-refractivity contribution in [2.75, 3.05) is 0 Å². The van der Waals surface area contributed by atoms with Crippen molar-refractivity contribution in [2.24, 2.45) is 0 Å². The van der Waals surface area contributed by atoms with Gasteiger partial charge < -0.3 is 0 Å². The highest BCUT2D eigenvalue weighted by molar-refractivity contribution is 8.03. The zero-order valence-electron chi connectivity index (χ0n) is 10.8. The molecule has 0 saturated heterocycles. The molecule has 0 bridgehead atoms. The van der Waals surface area contributed by atoms with Crippen LogP contribution in [0.25, 0.3) is 0 Å². The fraction of sp³-hybridized carbons (Fsp3) is 0.111. The molecule has 94 valence electrons. The maximum absolute atomic E-state index is 3.08. The van der Waals surface area contributed by atoms with Gasteiger partial charge in [0.25, 0.3) is 0 Å². The largest absolute Gasteiger partial charge is 0.0758 e. The molecule has 2 rings (SSSR count). The summed E-state index contributed by atoms with van der Waals surface area (Å²) in [6, 6.07) is 20.7. The molecule has 0 unspecified atom stereocenters. The van der Waals surface area contributed by atoms with Crippen LogP contribution in [0.2, 0.25) is 0 Å². The van der Waals surface area contributed by atoms with E-state index in [2.05, 4.69) is 53.6 Å². The topological polar surface area (TPSA) is 0 Å². The SMILES string of the molecule is C(#CSc1ccccc1)/C=C\CCc1ccccc1. The quantitative estimate of drug-likeness (QED) is 0.557. The van der Waals surface area contributed by atoms with Gasteiger partial charge in [-0.15, -0.1) is 0 Å². The Kier molecular flexibility index (Phi) is 5.86. The van der Waals surface area contributed by atoms with Crippen molar-refractivity contribution in [1.82, 2.24) is 0 Å². The first kappa shape index (κ1) is 13.5. The van der Waals surface area contributed by atoms with Gasteiger partial charge in [0.2, 0.25) is 0 Å². The lowest BCUT2D eigenvalue weighted by Crippen LogP contribution is -1.80. The molecular formula is C18H16S. The van der Waals surface area contributed by atoms with Gasteiger partial charge in [0.05, 0.1) is 0 Å². The number of rotatable bonds is 4. The van der Waals surface area contributed by atoms with Gasteiger partial charge in [-0.2, -0.15) is 0 Å². The molecule has 2 aromatic carbocycles. The molecule has 0 amide bonds. The van der Waals surface area contributed by atoms with Gasteiger partial charge in [0.1, 0.15) is 0 Å². The van der Waals surface area contributed by atoms with Crippen LogP contribution in [-0.2, 0) is 6.42 Å². The molecule has 0 aliphatic heterocycles. The second-order valence-corrected chi connectivity index (χ2v) is 4.97. The zero-order chi connectivity index (χ0) is 13.2. The van der Waals surface area contributed by atoms with Crippen molar-refractivity contribution in [3.05, 3.63) is 78.4 Å². The molecule has 0 atom stereocenters. The normalized spacial score (nSPS) is 10.1. The van der Waals surface area contributed by atoms with E-state index < -0.39 is 0 Å². The van der Waals surface area contributed by atoms with Crippen LogP contribution in [-0.4, -0.2) is 0 Å². The molecule has 0 fully saturated rings. The maximum Gasteiger partial charge on any atom is 0.0203 e. The van der Waals surface area contributed by atoms with Crippen LogP contribution in [0, 0.1) is 11.2 Å². The van der Waals surface area contributed by atoms with E-state index in [1.165, 1.54) is 10.5 Å². The highest BCUT2D eigenvalue weighted by Gasteiger charge is 1.87. The summed E-state index contributed by atoms with van der Waals surface area (Å²) in [6.07, 6.45) is 6.18. The minimum Gasteiger partial charge on any atom is -0.0758 e. The lowest BCUT2D eigenvalue weighted by atomic mass is 10.1. The van der Waals surface area contributed by atoms with Crippen LogP contribution < -0.4 is 0 Å². The number of thioether (sulfide) groups is 1. The smallest absolute Gasteiger partial charge is 0.0203 e. The Bertz CT molecular complexity index is 559. The number of benzene rings is 2. The first-order chi connectivity index (χ1) is 9.45. The van der Waals surface area contributed by atoms with E-state index in [-0.39, 0.29) is 0 Å². The van der Waals surface area contributed by atoms with E-state index in [0.717, 1.165) is 12.8 Å². The van der Waals surface area contributed by atoms with Gasteiger partial charge in [-0.25, -0.2) is 0 Å². The van der Waals surface area contributed by atoms with Gasteiger partial charge in [-0.05, 0) is 53.6 Å². The summed E-state index contributed by atoms with van der Waals surface area (Å²) in [5.41, 5.74) is 1.37. The summed E-state index contributed by atoms with van der Waals surface area (Å²) in [5.74, 6) is 3.05. The average Bonchev–Trinajstić information content (AvgIpc) is 2.48. The predicted molar refractivity (Wildman–Crippen MR) is 84.0 cm³/mol. The monoisotopic (exact) mass is 264 g/mol. The molecule has 19 heavy (non-hydrogen) atoms. The van der Waals surface area contributed by atoms with Crippen molar-refractivity contribution < 1.29 is 0 Å². The average molecular weight is 264 g/mol. The van der Waals surface area contributed by atoms with Crippen molar-refractivity contribution in [3.63, 3.8) is 0 Å². The van der Waals surface area contributed by atoms with Gasteiger partial charge >= 0.3 is 0 Å². The minimum atomic E-state index is 1.04. The minimum absolute atomic E-state index is 1.04. The Morgan fingerprint density at radius 2 is 1.58 bits per heavy atom. The molecule has 0 aliphatic carbocycles. The third-order valence-corrected chi connectivity index (χ3v) is 3.34. The Morgan fingerprint density at radius 3 is 2.32 bits per heavy atom. The highest BCUT2D eigenvalue weighted by atomic mass is 32.2. The first-order valence-electron chi connectivity index (χ1n) is 6.36. The summed E-state index contributed by atoms with van der Waals surface area (Å²) < 4.78 is 0. The molecule has 0 nitrogen and oxygen atoms in total. The highest BCUT2D eigenvalue weighted by Crippen LogP contribution is 2.14. The second-order valence-electron chi connectivity index (χ2n) is 4.09. The molecule has 1 heteroatoms. The second kappa shape index (κ2) is 8.24. The van der Waals surface area contributed by atoms with Crippen molar-refractivity contribution in [2.45, 2.75) is 17.7 Å². The summed E-state index contributed by atoms with van der Waals surface area (Å²) in [4.78, 5) is 1.19. The molecule has 0 saturated carbocycles. The third kappa shape index (κ3) is 5.50. The lowest BCUT2D eigenvalue weighted by molar-refractivity contribution is 1.00. The zero-order valence-corrected chi connectivity index (χ0v) is 11.6. The van der Waals surface area contributed by atoms with Crippen LogP contribution in [0.3, 0.4) is 0 Å². The van der Waals surface area contributed by atoms with Crippen LogP contribution in [0.1, 0.15) is 12.0 Å². The van der Waals surface area contributed by atoms with Crippen LogP contribution in [0.4, 0.5) is 0 Å². The van der Waals surface area contributed by atoms with Gasteiger partial charge in [-0.1, -0.05) is 60.5 Å². The third-order valence-electron chi connectivity index (χ3n) is 2.61. The molecule has 2 aromatic rings. The van der Waals surface area contributed by atoms with E-state index in [1.54, 1.807) is 11.8 Å². The number of hydrogen-bond acceptors (Lipinski definition) is 1. The summed E-state index contributed by atoms with van der Waals surface area (Å²) in [5, 5.41) is 3.08. The van der Waals surface area contributed by atoms with E-state index in [0.29, 0.717) is 0 Å². The Morgan fingerprint density at radius 1 is 0.895 bits per heavy atom. The fourth-order valence-corrected chi connectivity index (χ4v) is 2.19. The fourth-order valence-electron chi connectivity index (χ4n) is 1.65. The van der Waals surface area contributed by atoms with E-state index in [9.17, 15) is 0 Å². The van der Waals surface area contributed by atoms with Crippen LogP contribution in [0.15, 0.2) is 77.7 Å². The molecular weight excluding hydrogens is 248 g/mol. The van der Waals surface area contributed by atoms with E-state index in [4.69, 9.17) is 0 Å². The maximum atomic E-state index is 3.08. The number of allylic oxidation sites excluding steroid dienone is 2. The van der Waals surface area contributed by atoms with E-state index >= 15 is 0 Å². The summed E-state index contributed by atoms with van der Waals surface area (Å²) >= 11 is 1.56. The predicted octanol–water partition coefficient (Wildman–Crippen LogP) is 4.93. The van der Waals surface area contributed by atoms with Crippen molar-refractivity contribution >= 4 is 11.8 Å². The Balaban J connectivity index is 1.70. The van der Waals surface area contributed by atoms with Crippen LogP contribution in [0.5, 0.6) is 0 Å². The van der Waals surface area contributed by atoms with Gasteiger partial charge in [0.15, 0.2) is 0 Å². The first-order valence-corrected chi connectivity index (χ1v) is 7.18. The van der Waals surface area contributed by atoms with Crippen LogP contribution >= 0.6 is 11.8 Å². The molecule has 0 aromatic heterocycles.